The highest BCUT2D eigenvalue weighted by molar-refractivity contribution is 7.88. The summed E-state index contributed by atoms with van der Waals surface area (Å²) in [6.45, 7) is 0.138. The molecule has 0 unspecified atom stereocenters. The normalized spacial score (nSPS) is 11.4. The van der Waals surface area contributed by atoms with E-state index in [-0.39, 0.29) is 6.54 Å². The molecule has 5 nitrogen and oxygen atoms in total. The summed E-state index contributed by atoms with van der Waals surface area (Å²) in [5.74, 6) is 0. The fourth-order valence-corrected chi connectivity index (χ4v) is 1.51. The lowest BCUT2D eigenvalue weighted by atomic mass is 9.80. The van der Waals surface area contributed by atoms with Crippen molar-refractivity contribution in [1.82, 2.24) is 4.72 Å². The van der Waals surface area contributed by atoms with Crippen LogP contribution in [0.1, 0.15) is 5.56 Å². The van der Waals surface area contributed by atoms with E-state index in [2.05, 4.69) is 4.72 Å². The van der Waals surface area contributed by atoms with E-state index >= 15 is 0 Å². The molecule has 1 aromatic carbocycles. The van der Waals surface area contributed by atoms with Crippen molar-refractivity contribution < 1.29 is 18.5 Å². The van der Waals surface area contributed by atoms with Gasteiger partial charge in [-0.1, -0.05) is 24.3 Å². The van der Waals surface area contributed by atoms with Gasteiger partial charge in [0.05, 0.1) is 6.26 Å². The van der Waals surface area contributed by atoms with E-state index in [0.717, 1.165) is 6.26 Å². The van der Waals surface area contributed by atoms with Crippen molar-refractivity contribution in [2.24, 2.45) is 0 Å². The molecule has 1 aromatic rings. The Morgan fingerprint density at radius 2 is 2.07 bits per heavy atom. The van der Waals surface area contributed by atoms with E-state index in [1.165, 1.54) is 6.07 Å². The van der Waals surface area contributed by atoms with Crippen LogP contribution < -0.4 is 10.2 Å². The van der Waals surface area contributed by atoms with Crippen LogP contribution in [0, 0.1) is 0 Å². The zero-order valence-corrected chi connectivity index (χ0v) is 9.03. The molecule has 3 N–H and O–H groups in total. The van der Waals surface area contributed by atoms with E-state index in [1.807, 2.05) is 0 Å². The van der Waals surface area contributed by atoms with Crippen LogP contribution in [0.3, 0.4) is 0 Å². The van der Waals surface area contributed by atoms with E-state index in [4.69, 9.17) is 10.0 Å². The highest BCUT2D eigenvalue weighted by Crippen LogP contribution is 1.97. The average Bonchev–Trinajstić information content (AvgIpc) is 2.14. The third kappa shape index (κ3) is 4.43. The van der Waals surface area contributed by atoms with Crippen molar-refractivity contribution in [2.45, 2.75) is 6.54 Å². The van der Waals surface area contributed by atoms with Crippen LogP contribution in [0.2, 0.25) is 0 Å². The van der Waals surface area contributed by atoms with Gasteiger partial charge in [0.15, 0.2) is 0 Å². The molecule has 7 heteroatoms. The summed E-state index contributed by atoms with van der Waals surface area (Å²) in [4.78, 5) is 0. The minimum Gasteiger partial charge on any atom is -0.423 e. The van der Waals surface area contributed by atoms with Crippen LogP contribution in [0.4, 0.5) is 0 Å². The van der Waals surface area contributed by atoms with Crippen LogP contribution in [0.5, 0.6) is 0 Å². The highest BCUT2D eigenvalue weighted by Gasteiger charge is 2.10. The Morgan fingerprint density at radius 3 is 2.60 bits per heavy atom. The van der Waals surface area contributed by atoms with Crippen LogP contribution in [-0.4, -0.2) is 31.8 Å². The van der Waals surface area contributed by atoms with Gasteiger partial charge in [0, 0.05) is 6.54 Å². The molecule has 15 heavy (non-hydrogen) atoms. The Labute approximate surface area is 89.0 Å². The second kappa shape index (κ2) is 4.76. The summed E-state index contributed by atoms with van der Waals surface area (Å²) in [5, 5.41) is 17.8. The van der Waals surface area contributed by atoms with Crippen LogP contribution >= 0.6 is 0 Å². The van der Waals surface area contributed by atoms with Gasteiger partial charge in [-0.15, -0.1) is 0 Å². The Morgan fingerprint density at radius 1 is 1.40 bits per heavy atom. The molecule has 0 heterocycles. The fourth-order valence-electron chi connectivity index (χ4n) is 1.08. The summed E-state index contributed by atoms with van der Waals surface area (Å²) < 4.78 is 23.9. The minimum absolute atomic E-state index is 0.138. The Kier molecular flexibility index (Phi) is 3.86. The second-order valence-electron chi connectivity index (χ2n) is 3.21. The molecular formula is C8H12BNO4S. The highest BCUT2D eigenvalue weighted by atomic mass is 32.2. The summed E-state index contributed by atoms with van der Waals surface area (Å²) in [7, 11) is -4.77. The average molecular weight is 229 g/mol. The third-order valence-corrected chi connectivity index (χ3v) is 2.46. The van der Waals surface area contributed by atoms with Crippen molar-refractivity contribution in [3.05, 3.63) is 29.8 Å². The first kappa shape index (κ1) is 12.2. The summed E-state index contributed by atoms with van der Waals surface area (Å²) in [6, 6.07) is 6.41. The van der Waals surface area contributed by atoms with Gasteiger partial charge in [-0.25, -0.2) is 13.1 Å². The van der Waals surface area contributed by atoms with Crippen LogP contribution in [-0.2, 0) is 16.6 Å². The Hall–Kier alpha value is -0.885. The predicted molar refractivity (Wildman–Crippen MR) is 58.0 cm³/mol. The number of hydrogen-bond donors (Lipinski definition) is 3. The molecule has 0 spiro atoms. The second-order valence-corrected chi connectivity index (χ2v) is 5.04. The van der Waals surface area contributed by atoms with E-state index in [0.29, 0.717) is 11.0 Å². The fraction of sp³-hybridized carbons (Fsp3) is 0.250. The zero-order chi connectivity index (χ0) is 11.5. The largest absolute Gasteiger partial charge is 0.488 e. The van der Waals surface area contributed by atoms with Gasteiger partial charge in [-0.2, -0.15) is 0 Å². The van der Waals surface area contributed by atoms with Gasteiger partial charge in [0.25, 0.3) is 0 Å². The SMILES string of the molecule is CS(=O)(=O)NCc1cccc(B(O)O)c1. The molecule has 0 bridgehead atoms. The topological polar surface area (TPSA) is 86.6 Å². The van der Waals surface area contributed by atoms with Crippen molar-refractivity contribution in [3.63, 3.8) is 0 Å². The number of rotatable bonds is 4. The molecule has 0 aliphatic carbocycles. The van der Waals surface area contributed by atoms with Gasteiger partial charge < -0.3 is 10.0 Å². The lowest BCUT2D eigenvalue weighted by Crippen LogP contribution is -2.30. The number of sulfonamides is 1. The lowest BCUT2D eigenvalue weighted by molar-refractivity contribution is 0.425. The molecule has 0 atom stereocenters. The van der Waals surface area contributed by atoms with Crippen LogP contribution in [0.15, 0.2) is 24.3 Å². The van der Waals surface area contributed by atoms with E-state index in [9.17, 15) is 8.42 Å². The van der Waals surface area contributed by atoms with Gasteiger partial charge >= 0.3 is 7.12 Å². The lowest BCUT2D eigenvalue weighted by Gasteiger charge is -2.05. The Balaban J connectivity index is 2.74. The van der Waals surface area contributed by atoms with Crippen molar-refractivity contribution in [1.29, 1.82) is 0 Å². The maximum Gasteiger partial charge on any atom is 0.488 e. The first-order valence-electron chi connectivity index (χ1n) is 4.28. The monoisotopic (exact) mass is 229 g/mol. The molecule has 1 rings (SSSR count). The number of hydrogen-bond acceptors (Lipinski definition) is 4. The summed E-state index contributed by atoms with van der Waals surface area (Å²) in [5.41, 5.74) is 1.01. The third-order valence-electron chi connectivity index (χ3n) is 1.79. The number of benzene rings is 1. The summed E-state index contributed by atoms with van der Waals surface area (Å²) >= 11 is 0. The molecule has 0 fully saturated rings. The first-order valence-corrected chi connectivity index (χ1v) is 6.17. The molecule has 0 aliphatic rings. The van der Waals surface area contributed by atoms with Gasteiger partial charge in [0.1, 0.15) is 0 Å². The quantitative estimate of drug-likeness (QED) is 0.543. The van der Waals surface area contributed by atoms with Gasteiger partial charge in [-0.3, -0.25) is 0 Å². The standard InChI is InChI=1S/C8H12BNO4S/c1-15(13,14)10-6-7-3-2-4-8(5-7)9(11)12/h2-5,10-12H,6H2,1H3. The molecule has 0 aliphatic heterocycles. The smallest absolute Gasteiger partial charge is 0.423 e. The molecule has 0 saturated carbocycles. The van der Waals surface area contributed by atoms with Crippen molar-refractivity contribution in [3.8, 4) is 0 Å². The predicted octanol–water partition coefficient (Wildman–Crippen LogP) is -1.58. The summed E-state index contributed by atoms with van der Waals surface area (Å²) in [6.07, 6.45) is 1.07. The molecule has 0 saturated heterocycles. The van der Waals surface area contributed by atoms with Gasteiger partial charge in [0.2, 0.25) is 10.0 Å². The van der Waals surface area contributed by atoms with Crippen molar-refractivity contribution in [2.75, 3.05) is 6.26 Å². The maximum absolute atomic E-state index is 10.8. The maximum atomic E-state index is 10.8. The molecule has 82 valence electrons. The van der Waals surface area contributed by atoms with E-state index in [1.54, 1.807) is 18.2 Å². The number of nitrogens with one attached hydrogen (secondary N) is 1. The van der Waals surface area contributed by atoms with Crippen LogP contribution in [0.25, 0.3) is 0 Å². The molecule has 0 aromatic heterocycles. The Bertz CT molecular complexity index is 432. The molecule has 0 radical (unpaired) electrons. The molecule has 0 amide bonds. The van der Waals surface area contributed by atoms with E-state index < -0.39 is 17.1 Å². The van der Waals surface area contributed by atoms with Gasteiger partial charge in [-0.05, 0) is 11.0 Å². The minimum atomic E-state index is -3.23. The van der Waals surface area contributed by atoms with Crippen molar-refractivity contribution >= 4 is 22.6 Å². The molecular weight excluding hydrogens is 217 g/mol. The zero-order valence-electron chi connectivity index (χ0n) is 8.21. The first-order chi connectivity index (χ1) is 6.88.